The maximum Gasteiger partial charge on any atom is 0.186 e. The molecular weight excluding hydrogens is 269 g/mol. The molecule has 2 rings (SSSR count). The summed E-state index contributed by atoms with van der Waals surface area (Å²) in [6.45, 7) is 0.271. The Kier molecular flexibility index (Phi) is 3.53. The van der Waals surface area contributed by atoms with Crippen LogP contribution in [-0.4, -0.2) is 18.4 Å². The molecule has 0 saturated carbocycles. The Bertz CT molecular complexity index is 370. The number of ketones is 1. The number of Topliss-reactive ketones (excluding diaryl/α,β-unsaturated/α-hetero) is 1. The smallest absolute Gasteiger partial charge is 0.186 e. The van der Waals surface area contributed by atoms with Crippen molar-refractivity contribution < 1.29 is 9.53 Å². The number of hydrogen-bond acceptors (Lipinski definition) is 3. The molecule has 5 heteroatoms. The van der Waals surface area contributed by atoms with E-state index in [0.717, 1.165) is 4.47 Å². The molecule has 1 unspecified atom stereocenters. The van der Waals surface area contributed by atoms with E-state index in [1.807, 2.05) is 6.07 Å². The molecule has 3 nitrogen and oxygen atoms in total. The van der Waals surface area contributed by atoms with Crippen molar-refractivity contribution in [2.24, 2.45) is 5.73 Å². The van der Waals surface area contributed by atoms with Crippen LogP contribution in [0.2, 0.25) is 0 Å². The summed E-state index contributed by atoms with van der Waals surface area (Å²) in [4.78, 5) is 11.5. The van der Waals surface area contributed by atoms with Crippen LogP contribution in [0.25, 0.3) is 0 Å². The molecule has 2 N–H and O–H groups in total. The molecule has 1 atom stereocenters. The van der Waals surface area contributed by atoms with Gasteiger partial charge >= 0.3 is 0 Å². The van der Waals surface area contributed by atoms with E-state index in [1.165, 1.54) is 0 Å². The molecule has 1 heterocycles. The molecule has 0 bridgehead atoms. The zero-order valence-corrected chi connectivity index (χ0v) is 9.60. The van der Waals surface area contributed by atoms with Gasteiger partial charge in [0.05, 0.1) is 5.56 Å². The van der Waals surface area contributed by atoms with Gasteiger partial charge in [0.2, 0.25) is 0 Å². The highest BCUT2D eigenvalue weighted by Crippen LogP contribution is 2.27. The molecule has 0 aromatic heterocycles. The van der Waals surface area contributed by atoms with Crippen molar-refractivity contribution in [1.29, 1.82) is 0 Å². The summed E-state index contributed by atoms with van der Waals surface area (Å²) < 4.78 is 6.15. The fourth-order valence-electron chi connectivity index (χ4n) is 1.28. The lowest BCUT2D eigenvalue weighted by atomic mass is 10.0. The molecule has 1 aliphatic heterocycles. The van der Waals surface area contributed by atoms with E-state index in [1.54, 1.807) is 12.1 Å². The Morgan fingerprint density at radius 2 is 2.21 bits per heavy atom. The molecule has 0 saturated heterocycles. The van der Waals surface area contributed by atoms with E-state index >= 15 is 0 Å². The number of benzene rings is 1. The van der Waals surface area contributed by atoms with Gasteiger partial charge in [-0.2, -0.15) is 0 Å². The molecule has 0 fully saturated rings. The average molecular weight is 279 g/mol. The Morgan fingerprint density at radius 3 is 2.93 bits per heavy atom. The van der Waals surface area contributed by atoms with Crippen molar-refractivity contribution in [3.05, 3.63) is 28.2 Å². The first-order valence-corrected chi connectivity index (χ1v) is 4.70. The minimum absolute atomic E-state index is 0. The first-order valence-electron chi connectivity index (χ1n) is 3.90. The minimum atomic E-state index is -0.526. The van der Waals surface area contributed by atoms with E-state index in [4.69, 9.17) is 10.5 Å². The van der Waals surface area contributed by atoms with Crippen molar-refractivity contribution in [3.63, 3.8) is 0 Å². The summed E-state index contributed by atoms with van der Waals surface area (Å²) in [5.74, 6) is 0.567. The van der Waals surface area contributed by atoms with Crippen molar-refractivity contribution in [1.82, 2.24) is 0 Å². The minimum Gasteiger partial charge on any atom is -0.491 e. The van der Waals surface area contributed by atoms with Crippen LogP contribution in [0.4, 0.5) is 0 Å². The number of nitrogens with two attached hydrogens (primary N) is 1. The summed E-state index contributed by atoms with van der Waals surface area (Å²) in [7, 11) is 0. The summed E-state index contributed by atoms with van der Waals surface area (Å²) in [6.07, 6.45) is 0. The van der Waals surface area contributed by atoms with Gasteiger partial charge in [-0.05, 0) is 18.2 Å². The maximum atomic E-state index is 11.5. The van der Waals surface area contributed by atoms with Crippen molar-refractivity contribution in [2.45, 2.75) is 6.04 Å². The monoisotopic (exact) mass is 277 g/mol. The highest BCUT2D eigenvalue weighted by molar-refractivity contribution is 9.10. The Labute approximate surface area is 96.2 Å². The van der Waals surface area contributed by atoms with E-state index < -0.39 is 6.04 Å². The average Bonchev–Trinajstić information content (AvgIpc) is 2.12. The van der Waals surface area contributed by atoms with E-state index in [9.17, 15) is 4.79 Å². The lowest BCUT2D eigenvalue weighted by Gasteiger charge is -2.20. The summed E-state index contributed by atoms with van der Waals surface area (Å²) in [6, 6.07) is 4.81. The topological polar surface area (TPSA) is 52.3 Å². The van der Waals surface area contributed by atoms with E-state index in [0.29, 0.717) is 11.3 Å². The van der Waals surface area contributed by atoms with Gasteiger partial charge in [0.1, 0.15) is 18.4 Å². The van der Waals surface area contributed by atoms with Crippen molar-refractivity contribution >= 4 is 34.1 Å². The van der Waals surface area contributed by atoms with E-state index in [2.05, 4.69) is 15.9 Å². The van der Waals surface area contributed by atoms with Crippen LogP contribution in [0, 0.1) is 0 Å². The van der Waals surface area contributed by atoms with Crippen LogP contribution in [0.15, 0.2) is 22.7 Å². The lowest BCUT2D eigenvalue weighted by molar-refractivity contribution is 0.0899. The fraction of sp³-hybridized carbons (Fsp3) is 0.222. The zero-order valence-electron chi connectivity index (χ0n) is 7.20. The number of ether oxygens (including phenoxy) is 1. The Hall–Kier alpha value is -0.580. The van der Waals surface area contributed by atoms with Crippen LogP contribution < -0.4 is 10.5 Å². The first kappa shape index (κ1) is 11.5. The second-order valence-corrected chi connectivity index (χ2v) is 3.84. The number of carbonyl (C=O) groups is 1. The van der Waals surface area contributed by atoms with Crippen molar-refractivity contribution in [2.75, 3.05) is 6.61 Å². The predicted molar refractivity (Wildman–Crippen MR) is 59.2 cm³/mol. The molecular formula is C9H9BrClNO2. The van der Waals surface area contributed by atoms with Crippen LogP contribution >= 0.6 is 28.3 Å². The number of halogens is 2. The molecule has 14 heavy (non-hydrogen) atoms. The largest absolute Gasteiger partial charge is 0.491 e. The summed E-state index contributed by atoms with van der Waals surface area (Å²) >= 11 is 3.29. The van der Waals surface area contributed by atoms with Crippen LogP contribution in [0.5, 0.6) is 5.75 Å². The summed E-state index contributed by atoms with van der Waals surface area (Å²) in [5.41, 5.74) is 6.12. The third-order valence-electron chi connectivity index (χ3n) is 1.96. The fourth-order valence-corrected chi connectivity index (χ4v) is 1.64. The Balaban J connectivity index is 0.000000980. The Morgan fingerprint density at radius 1 is 1.50 bits per heavy atom. The quantitative estimate of drug-likeness (QED) is 0.787. The molecule has 0 amide bonds. The molecule has 76 valence electrons. The normalized spacial score (nSPS) is 19.3. The number of fused-ring (bicyclic) bond motifs is 1. The predicted octanol–water partition coefficient (Wildman–Crippen LogP) is 1.77. The summed E-state index contributed by atoms with van der Waals surface area (Å²) in [5, 5.41) is 0. The van der Waals surface area contributed by atoms with E-state index in [-0.39, 0.29) is 24.8 Å². The molecule has 1 aliphatic rings. The highest BCUT2D eigenvalue weighted by Gasteiger charge is 2.25. The molecule has 1 aromatic rings. The first-order chi connectivity index (χ1) is 6.18. The lowest BCUT2D eigenvalue weighted by Crippen LogP contribution is -2.40. The zero-order chi connectivity index (χ0) is 9.42. The van der Waals surface area contributed by atoms with Gasteiger partial charge in [-0.15, -0.1) is 12.4 Å². The third-order valence-corrected chi connectivity index (χ3v) is 2.46. The van der Waals surface area contributed by atoms with Crippen LogP contribution in [0.3, 0.4) is 0 Å². The van der Waals surface area contributed by atoms with Gasteiger partial charge in [0.25, 0.3) is 0 Å². The molecule has 0 radical (unpaired) electrons. The molecule has 0 spiro atoms. The van der Waals surface area contributed by atoms with Crippen LogP contribution in [-0.2, 0) is 0 Å². The number of rotatable bonds is 0. The number of carbonyl (C=O) groups excluding carboxylic acids is 1. The third kappa shape index (κ3) is 1.92. The van der Waals surface area contributed by atoms with Gasteiger partial charge in [0, 0.05) is 4.47 Å². The second kappa shape index (κ2) is 4.29. The maximum absolute atomic E-state index is 11.5. The highest BCUT2D eigenvalue weighted by atomic mass is 79.9. The van der Waals surface area contributed by atoms with Gasteiger partial charge in [-0.3, -0.25) is 4.79 Å². The standard InChI is InChI=1S/C9H8BrNO2.ClH/c10-5-1-2-8-6(3-5)9(12)7(11)4-13-8;/h1-3,7H,4,11H2;1H. The van der Waals surface area contributed by atoms with Crippen LogP contribution in [0.1, 0.15) is 10.4 Å². The SMILES string of the molecule is Cl.NC1COc2ccc(Br)cc2C1=O. The number of hydrogen-bond donors (Lipinski definition) is 1. The van der Waals surface area contributed by atoms with Gasteiger partial charge in [-0.1, -0.05) is 15.9 Å². The molecule has 0 aliphatic carbocycles. The van der Waals surface area contributed by atoms with Gasteiger partial charge < -0.3 is 10.5 Å². The molecule has 1 aromatic carbocycles. The second-order valence-electron chi connectivity index (χ2n) is 2.92. The van der Waals surface area contributed by atoms with Gasteiger partial charge in [0.15, 0.2) is 5.78 Å². The van der Waals surface area contributed by atoms with Crippen molar-refractivity contribution in [3.8, 4) is 5.75 Å². The van der Waals surface area contributed by atoms with Gasteiger partial charge in [-0.25, -0.2) is 0 Å².